The first-order valence-corrected chi connectivity index (χ1v) is 11.5. The maximum atomic E-state index is 13.2. The third-order valence-corrected chi connectivity index (χ3v) is 5.92. The number of aliphatic hydroxyl groups is 1. The third kappa shape index (κ3) is 4.84. The number of carbonyl (C=O) groups excluding carboxylic acids is 2. The summed E-state index contributed by atoms with van der Waals surface area (Å²) in [7, 11) is 0. The summed E-state index contributed by atoms with van der Waals surface area (Å²) in [6.45, 7) is 2.70. The van der Waals surface area contributed by atoms with E-state index in [1.165, 1.54) is 24.3 Å². The summed E-state index contributed by atoms with van der Waals surface area (Å²) < 4.78 is 5.72. The lowest BCUT2D eigenvalue weighted by Crippen LogP contribution is -2.29. The molecule has 1 fully saturated rings. The van der Waals surface area contributed by atoms with Crippen molar-refractivity contribution in [2.24, 2.45) is 0 Å². The van der Waals surface area contributed by atoms with E-state index >= 15 is 0 Å². The Labute approximate surface area is 203 Å². The average Bonchev–Trinajstić information content (AvgIpc) is 3.12. The second-order valence-electron chi connectivity index (χ2n) is 8.33. The van der Waals surface area contributed by atoms with Gasteiger partial charge in [-0.2, -0.15) is 0 Å². The van der Waals surface area contributed by atoms with Gasteiger partial charge in [-0.1, -0.05) is 44.0 Å². The topological polar surface area (TPSA) is 107 Å². The lowest BCUT2D eigenvalue weighted by Gasteiger charge is -2.26. The first-order chi connectivity index (χ1) is 16.9. The number of nitrogens with zero attached hydrogens (tertiary/aromatic N) is 1. The van der Waals surface area contributed by atoms with E-state index in [1.54, 1.807) is 48.5 Å². The van der Waals surface area contributed by atoms with Gasteiger partial charge in [0.05, 0.1) is 23.9 Å². The molecule has 1 aliphatic rings. The van der Waals surface area contributed by atoms with Crippen LogP contribution in [0.25, 0.3) is 5.76 Å². The van der Waals surface area contributed by atoms with Crippen LogP contribution in [0.1, 0.15) is 43.4 Å². The van der Waals surface area contributed by atoms with Gasteiger partial charge >= 0.3 is 0 Å². The van der Waals surface area contributed by atoms with Crippen molar-refractivity contribution in [2.45, 2.75) is 32.2 Å². The number of ether oxygens (including phenoxy) is 1. The van der Waals surface area contributed by atoms with Crippen molar-refractivity contribution in [2.75, 3.05) is 11.5 Å². The highest BCUT2D eigenvalue weighted by molar-refractivity contribution is 6.51. The second kappa shape index (κ2) is 10.3. The predicted molar refractivity (Wildman–Crippen MR) is 132 cm³/mol. The van der Waals surface area contributed by atoms with Gasteiger partial charge in [-0.05, 0) is 60.5 Å². The minimum atomic E-state index is -1.06. The number of anilines is 1. The molecule has 0 bridgehead atoms. The van der Waals surface area contributed by atoms with Gasteiger partial charge in [0.2, 0.25) is 0 Å². The van der Waals surface area contributed by atoms with Gasteiger partial charge in [0.1, 0.15) is 23.0 Å². The SMILES string of the molecule is CCCCCOc1ccc(/C(O)=C2/C(=O)C(=O)N(c3ccccc3O)C2c2cccc(O)c2)cc1. The number of carbonyl (C=O) groups is 2. The largest absolute Gasteiger partial charge is 0.508 e. The molecule has 1 unspecified atom stereocenters. The Bertz CT molecular complexity index is 1260. The number of ketones is 1. The molecular weight excluding hydrogens is 446 g/mol. The quantitative estimate of drug-likeness (QED) is 0.178. The predicted octanol–water partition coefficient (Wildman–Crippen LogP) is 5.29. The van der Waals surface area contributed by atoms with Crippen LogP contribution < -0.4 is 9.64 Å². The van der Waals surface area contributed by atoms with Crippen molar-refractivity contribution in [1.82, 2.24) is 0 Å². The molecule has 7 nitrogen and oxygen atoms in total. The van der Waals surface area contributed by atoms with Gasteiger partial charge in [0.25, 0.3) is 11.7 Å². The number of phenols is 2. The van der Waals surface area contributed by atoms with E-state index in [1.807, 2.05) is 0 Å². The number of phenolic OH excluding ortho intramolecular Hbond substituents is 2. The molecule has 180 valence electrons. The summed E-state index contributed by atoms with van der Waals surface area (Å²) in [6, 6.07) is 17.9. The molecule has 0 radical (unpaired) electrons. The Morgan fingerprint density at radius 2 is 1.69 bits per heavy atom. The van der Waals surface area contributed by atoms with Crippen LogP contribution in [0.5, 0.6) is 17.2 Å². The lowest BCUT2D eigenvalue weighted by atomic mass is 9.95. The molecular formula is C28H27NO6. The fraction of sp³-hybridized carbons (Fsp3) is 0.214. The molecule has 1 aliphatic heterocycles. The highest BCUT2D eigenvalue weighted by Gasteiger charge is 2.47. The molecule has 1 amide bonds. The Balaban J connectivity index is 1.77. The lowest BCUT2D eigenvalue weighted by molar-refractivity contribution is -0.132. The zero-order valence-corrected chi connectivity index (χ0v) is 19.3. The van der Waals surface area contributed by atoms with E-state index in [-0.39, 0.29) is 28.5 Å². The van der Waals surface area contributed by atoms with Crippen LogP contribution >= 0.6 is 0 Å². The van der Waals surface area contributed by atoms with E-state index in [9.17, 15) is 24.9 Å². The van der Waals surface area contributed by atoms with Crippen molar-refractivity contribution < 1.29 is 29.6 Å². The number of Topliss-reactive ketones (excluding diaryl/α,β-unsaturated/α-hetero) is 1. The molecule has 3 N–H and O–H groups in total. The fourth-order valence-electron chi connectivity index (χ4n) is 4.17. The number of amides is 1. The number of aromatic hydroxyl groups is 2. The van der Waals surface area contributed by atoms with Gasteiger partial charge in [-0.3, -0.25) is 14.5 Å². The maximum absolute atomic E-state index is 13.2. The van der Waals surface area contributed by atoms with E-state index in [2.05, 4.69) is 6.92 Å². The number of rotatable bonds is 8. The average molecular weight is 474 g/mol. The Kier molecular flexibility index (Phi) is 7.06. The van der Waals surface area contributed by atoms with Gasteiger partial charge in [0, 0.05) is 5.56 Å². The number of aliphatic hydroxyl groups excluding tert-OH is 1. The summed E-state index contributed by atoms with van der Waals surface area (Å²) in [4.78, 5) is 27.5. The minimum Gasteiger partial charge on any atom is -0.508 e. The van der Waals surface area contributed by atoms with Crippen LogP contribution in [0, 0.1) is 0 Å². The molecule has 1 atom stereocenters. The number of hydrogen-bond donors (Lipinski definition) is 3. The Morgan fingerprint density at radius 3 is 2.37 bits per heavy atom. The van der Waals surface area contributed by atoms with Gasteiger partial charge < -0.3 is 20.1 Å². The molecule has 0 saturated carbocycles. The highest BCUT2D eigenvalue weighted by atomic mass is 16.5. The number of unbranched alkanes of at least 4 members (excludes halogenated alkanes) is 2. The molecule has 0 spiro atoms. The summed E-state index contributed by atoms with van der Waals surface area (Å²) in [6.07, 6.45) is 3.11. The molecule has 0 aliphatic carbocycles. The first-order valence-electron chi connectivity index (χ1n) is 11.5. The highest BCUT2D eigenvalue weighted by Crippen LogP contribution is 2.45. The zero-order chi connectivity index (χ0) is 24.9. The second-order valence-corrected chi connectivity index (χ2v) is 8.33. The van der Waals surface area contributed by atoms with Crippen LogP contribution in [0.15, 0.2) is 78.4 Å². The van der Waals surface area contributed by atoms with E-state index in [4.69, 9.17) is 4.74 Å². The number of para-hydroxylation sites is 2. The minimum absolute atomic E-state index is 0.0602. The molecule has 0 aromatic heterocycles. The summed E-state index contributed by atoms with van der Waals surface area (Å²) in [5, 5.41) is 31.7. The molecule has 7 heteroatoms. The van der Waals surface area contributed by atoms with Crippen molar-refractivity contribution in [3.63, 3.8) is 0 Å². The van der Waals surface area contributed by atoms with E-state index in [0.29, 0.717) is 23.5 Å². The fourth-order valence-corrected chi connectivity index (χ4v) is 4.17. The van der Waals surface area contributed by atoms with Gasteiger partial charge in [-0.15, -0.1) is 0 Å². The van der Waals surface area contributed by atoms with E-state index < -0.39 is 17.7 Å². The summed E-state index contributed by atoms with van der Waals surface area (Å²) in [5.41, 5.74) is 0.731. The van der Waals surface area contributed by atoms with Crippen molar-refractivity contribution >= 4 is 23.1 Å². The molecule has 3 aromatic carbocycles. The first kappa shape index (κ1) is 23.9. The van der Waals surface area contributed by atoms with Crippen LogP contribution in [-0.2, 0) is 9.59 Å². The maximum Gasteiger partial charge on any atom is 0.300 e. The number of benzene rings is 3. The molecule has 1 saturated heterocycles. The standard InChI is InChI=1S/C28H27NO6/c1-2-3-6-16-35-21-14-12-18(13-15-21)26(32)24-25(19-8-7-9-20(30)17-19)29(28(34)27(24)33)22-10-4-5-11-23(22)31/h4-5,7-15,17,25,30-32H,2-3,6,16H2,1H3/b26-24-. The zero-order valence-electron chi connectivity index (χ0n) is 19.3. The van der Waals surface area contributed by atoms with Crippen molar-refractivity contribution in [3.8, 4) is 17.2 Å². The molecule has 35 heavy (non-hydrogen) atoms. The smallest absolute Gasteiger partial charge is 0.300 e. The van der Waals surface area contributed by atoms with Crippen molar-refractivity contribution in [3.05, 3.63) is 89.5 Å². The van der Waals surface area contributed by atoms with Crippen LogP contribution in [0.3, 0.4) is 0 Å². The third-order valence-electron chi connectivity index (χ3n) is 5.92. The summed E-state index contributed by atoms with van der Waals surface area (Å²) >= 11 is 0. The molecule has 4 rings (SSSR count). The van der Waals surface area contributed by atoms with Crippen LogP contribution in [0.4, 0.5) is 5.69 Å². The van der Waals surface area contributed by atoms with Crippen molar-refractivity contribution in [1.29, 1.82) is 0 Å². The van der Waals surface area contributed by atoms with Gasteiger partial charge in [-0.25, -0.2) is 0 Å². The molecule has 1 heterocycles. The Morgan fingerprint density at radius 1 is 0.943 bits per heavy atom. The Hall–Kier alpha value is -4.26. The number of hydrogen-bond acceptors (Lipinski definition) is 6. The van der Waals surface area contributed by atoms with E-state index in [0.717, 1.165) is 24.2 Å². The monoisotopic (exact) mass is 473 g/mol. The molecule has 3 aromatic rings. The van der Waals surface area contributed by atoms with Gasteiger partial charge in [0.15, 0.2) is 0 Å². The van der Waals surface area contributed by atoms with Crippen LogP contribution in [-0.4, -0.2) is 33.6 Å². The van der Waals surface area contributed by atoms with Crippen LogP contribution in [0.2, 0.25) is 0 Å². The normalized spacial score (nSPS) is 17.1. The summed E-state index contributed by atoms with van der Waals surface area (Å²) in [5.74, 6) is -1.75.